The van der Waals surface area contributed by atoms with Gasteiger partial charge in [-0.1, -0.05) is 29.8 Å². The van der Waals surface area contributed by atoms with E-state index in [1.807, 2.05) is 12.1 Å². The van der Waals surface area contributed by atoms with Gasteiger partial charge < -0.3 is 14.8 Å². The predicted molar refractivity (Wildman–Crippen MR) is 125 cm³/mol. The van der Waals surface area contributed by atoms with E-state index in [9.17, 15) is 14.4 Å². The third-order valence-corrected chi connectivity index (χ3v) is 4.98. The minimum atomic E-state index is -0.647. The first kappa shape index (κ1) is 24.4. The van der Waals surface area contributed by atoms with E-state index in [0.29, 0.717) is 29.4 Å². The molecule has 1 fully saturated rings. The predicted octanol–water partition coefficient (Wildman–Crippen LogP) is 4.18. The van der Waals surface area contributed by atoms with E-state index >= 15 is 0 Å². The van der Waals surface area contributed by atoms with E-state index in [0.717, 1.165) is 12.0 Å². The quantitative estimate of drug-likeness (QED) is 0.633. The maximum atomic E-state index is 12.7. The van der Waals surface area contributed by atoms with Gasteiger partial charge in [-0.05, 0) is 63.1 Å². The fourth-order valence-electron chi connectivity index (χ4n) is 3.35. The number of carbonyl (C=O) groups excluding carboxylic acids is 3. The Hall–Kier alpha value is -3.26. The van der Waals surface area contributed by atoms with Crippen molar-refractivity contribution in [1.29, 1.82) is 0 Å². The molecule has 2 aromatic carbocycles. The van der Waals surface area contributed by atoms with Crippen molar-refractivity contribution in [3.8, 4) is 0 Å². The average molecular weight is 474 g/mol. The van der Waals surface area contributed by atoms with E-state index in [1.54, 1.807) is 67.2 Å². The zero-order chi connectivity index (χ0) is 24.0. The summed E-state index contributed by atoms with van der Waals surface area (Å²) in [4.78, 5) is 37.1. The number of esters is 1. The smallest absolute Gasteiger partial charge is 0.408 e. The lowest BCUT2D eigenvalue weighted by molar-refractivity contribution is -0.129. The molecule has 0 aliphatic carbocycles. The maximum Gasteiger partial charge on any atom is 0.408 e. The van der Waals surface area contributed by atoms with Crippen molar-refractivity contribution >= 4 is 35.3 Å². The van der Waals surface area contributed by atoms with Gasteiger partial charge in [-0.3, -0.25) is 14.8 Å². The van der Waals surface area contributed by atoms with Crippen LogP contribution in [0.4, 0.5) is 10.5 Å². The highest BCUT2D eigenvalue weighted by atomic mass is 35.5. The van der Waals surface area contributed by atoms with Crippen LogP contribution in [0.3, 0.4) is 0 Å². The molecule has 1 aliphatic heterocycles. The summed E-state index contributed by atoms with van der Waals surface area (Å²) in [6.07, 6.45) is 0.118. The second-order valence-corrected chi connectivity index (χ2v) is 9.04. The first-order chi connectivity index (χ1) is 15.6. The van der Waals surface area contributed by atoms with Crippen molar-refractivity contribution < 1.29 is 23.9 Å². The molecule has 1 aliphatic rings. The van der Waals surface area contributed by atoms with Crippen molar-refractivity contribution in [2.75, 3.05) is 24.6 Å². The third-order valence-electron chi connectivity index (χ3n) is 4.74. The van der Waals surface area contributed by atoms with Gasteiger partial charge in [0.1, 0.15) is 18.8 Å². The van der Waals surface area contributed by atoms with Gasteiger partial charge in [0, 0.05) is 18.1 Å². The lowest BCUT2D eigenvalue weighted by Crippen LogP contribution is -2.47. The van der Waals surface area contributed by atoms with Crippen LogP contribution in [0, 0.1) is 0 Å². The van der Waals surface area contributed by atoms with Crippen LogP contribution < -0.4 is 10.3 Å². The Morgan fingerprint density at radius 3 is 2.55 bits per heavy atom. The molecule has 2 amide bonds. The zero-order valence-corrected chi connectivity index (χ0v) is 19.7. The standard InChI is InChI=1S/C24H28ClN3O5/c1-24(2,3)33-23(31)26-15-21(29)28-12-6-11-27(28)20-10-5-8-18(14-20)22(30)32-16-17-7-4-9-19(25)13-17/h4-5,7-10,13-14H,6,11-12,15-16H2,1-3H3,(H,26,31). The van der Waals surface area contributed by atoms with Crippen LogP contribution in [0.25, 0.3) is 0 Å². The van der Waals surface area contributed by atoms with Gasteiger partial charge in [0.15, 0.2) is 0 Å². The van der Waals surface area contributed by atoms with Gasteiger partial charge in [0.2, 0.25) is 0 Å². The largest absolute Gasteiger partial charge is 0.457 e. The van der Waals surface area contributed by atoms with Gasteiger partial charge in [-0.15, -0.1) is 0 Å². The van der Waals surface area contributed by atoms with Crippen LogP contribution in [0.5, 0.6) is 0 Å². The molecule has 0 radical (unpaired) electrons. The molecular formula is C24H28ClN3O5. The number of amides is 2. The molecule has 0 aromatic heterocycles. The summed E-state index contributed by atoms with van der Waals surface area (Å²) in [6.45, 7) is 6.30. The molecule has 0 spiro atoms. The lowest BCUT2D eigenvalue weighted by atomic mass is 10.2. The molecule has 1 heterocycles. The van der Waals surface area contributed by atoms with Crippen LogP contribution in [0.2, 0.25) is 5.02 Å². The molecule has 1 N–H and O–H groups in total. The van der Waals surface area contributed by atoms with Gasteiger partial charge in [-0.2, -0.15) is 0 Å². The summed E-state index contributed by atoms with van der Waals surface area (Å²) in [7, 11) is 0. The summed E-state index contributed by atoms with van der Waals surface area (Å²) in [5.41, 5.74) is 1.21. The Balaban J connectivity index is 1.61. The molecule has 0 unspecified atom stereocenters. The SMILES string of the molecule is CC(C)(C)OC(=O)NCC(=O)N1CCCN1c1cccc(C(=O)OCc2cccc(Cl)c2)c1. The number of anilines is 1. The first-order valence-electron chi connectivity index (χ1n) is 10.7. The van der Waals surface area contributed by atoms with Crippen LogP contribution in [-0.2, 0) is 20.9 Å². The first-order valence-corrected chi connectivity index (χ1v) is 11.1. The van der Waals surface area contributed by atoms with Crippen molar-refractivity contribution in [3.05, 3.63) is 64.7 Å². The fraction of sp³-hybridized carbons (Fsp3) is 0.375. The second-order valence-electron chi connectivity index (χ2n) is 8.61. The Bertz CT molecular complexity index is 1020. The average Bonchev–Trinajstić information content (AvgIpc) is 3.25. The number of hydrazine groups is 1. The fourth-order valence-corrected chi connectivity index (χ4v) is 3.56. The van der Waals surface area contributed by atoms with Crippen LogP contribution in [0.15, 0.2) is 48.5 Å². The molecule has 9 heteroatoms. The summed E-state index contributed by atoms with van der Waals surface area (Å²) in [5.74, 6) is -0.743. The number of carbonyl (C=O) groups is 3. The number of hydrogen-bond acceptors (Lipinski definition) is 6. The Morgan fingerprint density at radius 1 is 1.06 bits per heavy atom. The van der Waals surface area contributed by atoms with E-state index in [4.69, 9.17) is 21.1 Å². The molecule has 0 atom stereocenters. The summed E-state index contributed by atoms with van der Waals surface area (Å²) >= 11 is 5.97. The van der Waals surface area contributed by atoms with Gasteiger partial charge in [0.25, 0.3) is 5.91 Å². The topological polar surface area (TPSA) is 88.2 Å². The summed E-state index contributed by atoms with van der Waals surface area (Å²) < 4.78 is 10.6. The molecule has 8 nitrogen and oxygen atoms in total. The second kappa shape index (κ2) is 10.6. The number of halogens is 1. The Labute approximate surface area is 198 Å². The minimum absolute atomic E-state index is 0.105. The van der Waals surface area contributed by atoms with Crippen molar-refractivity contribution in [1.82, 2.24) is 10.3 Å². The number of hydrogen-bond donors (Lipinski definition) is 1. The molecular weight excluding hydrogens is 446 g/mol. The Kier molecular flexibility index (Phi) is 7.81. The monoisotopic (exact) mass is 473 g/mol. The van der Waals surface area contributed by atoms with E-state index in [2.05, 4.69) is 5.32 Å². The van der Waals surface area contributed by atoms with Crippen LogP contribution in [0.1, 0.15) is 43.1 Å². The lowest BCUT2D eigenvalue weighted by Gasteiger charge is -2.30. The highest BCUT2D eigenvalue weighted by Gasteiger charge is 2.28. The van der Waals surface area contributed by atoms with E-state index < -0.39 is 17.7 Å². The molecule has 1 saturated heterocycles. The maximum absolute atomic E-state index is 12.7. The zero-order valence-electron chi connectivity index (χ0n) is 19.0. The summed E-state index contributed by atoms with van der Waals surface area (Å²) in [6, 6.07) is 14.0. The van der Waals surface area contributed by atoms with Gasteiger partial charge in [0.05, 0.1) is 11.3 Å². The van der Waals surface area contributed by atoms with Crippen LogP contribution in [-0.4, -0.2) is 48.2 Å². The molecule has 0 bridgehead atoms. The minimum Gasteiger partial charge on any atom is -0.457 e. The van der Waals surface area contributed by atoms with Crippen molar-refractivity contribution in [2.45, 2.75) is 39.4 Å². The number of benzene rings is 2. The van der Waals surface area contributed by atoms with Crippen LogP contribution >= 0.6 is 11.6 Å². The van der Waals surface area contributed by atoms with Gasteiger partial charge >= 0.3 is 12.1 Å². The molecule has 33 heavy (non-hydrogen) atoms. The highest BCUT2D eigenvalue weighted by molar-refractivity contribution is 6.30. The van der Waals surface area contributed by atoms with Crippen molar-refractivity contribution in [3.63, 3.8) is 0 Å². The number of ether oxygens (including phenoxy) is 2. The van der Waals surface area contributed by atoms with Gasteiger partial charge in [-0.25, -0.2) is 9.59 Å². The highest BCUT2D eigenvalue weighted by Crippen LogP contribution is 2.23. The van der Waals surface area contributed by atoms with Crippen molar-refractivity contribution in [2.24, 2.45) is 0 Å². The van der Waals surface area contributed by atoms with E-state index in [-0.39, 0.29) is 19.1 Å². The normalized spacial score (nSPS) is 13.6. The molecule has 2 aromatic rings. The number of rotatable bonds is 6. The number of alkyl carbamates (subject to hydrolysis) is 1. The number of nitrogens with zero attached hydrogens (tertiary/aromatic N) is 2. The third kappa shape index (κ3) is 7.12. The van der Waals surface area contributed by atoms with E-state index in [1.165, 1.54) is 0 Å². The molecule has 176 valence electrons. The number of nitrogens with one attached hydrogen (secondary N) is 1. The molecule has 0 saturated carbocycles. The summed E-state index contributed by atoms with van der Waals surface area (Å²) in [5, 5.41) is 6.43. The molecule has 3 rings (SSSR count). The Morgan fingerprint density at radius 2 is 1.82 bits per heavy atom.